The second kappa shape index (κ2) is 31.8. The van der Waals surface area contributed by atoms with E-state index in [1.165, 1.54) is 0 Å². The maximum Gasteiger partial charge on any atom is 0.326 e. The lowest BCUT2D eigenvalue weighted by Crippen LogP contribution is -2.61. The van der Waals surface area contributed by atoms with Gasteiger partial charge in [-0.25, -0.2) is 4.79 Å². The predicted molar refractivity (Wildman–Crippen MR) is 253 cm³/mol. The van der Waals surface area contributed by atoms with Crippen LogP contribution < -0.4 is 54.4 Å². The Labute approximate surface area is 403 Å². The number of carboxylic acids is 2. The molecule has 0 heterocycles. The molecule has 0 aromatic heterocycles. The average molecular weight is 977 g/mol. The first-order valence-electron chi connectivity index (χ1n) is 23.5. The Kier molecular flexibility index (Phi) is 28.0. The number of aliphatic hydroxyl groups is 1. The van der Waals surface area contributed by atoms with Crippen LogP contribution in [0.25, 0.3) is 0 Å². The Bertz CT molecular complexity index is 1870. The van der Waals surface area contributed by atoms with Crippen molar-refractivity contribution in [3.63, 3.8) is 0 Å². The van der Waals surface area contributed by atoms with Crippen LogP contribution in [0.4, 0.5) is 0 Å². The lowest BCUT2D eigenvalue weighted by molar-refractivity contribution is -0.143. The summed E-state index contributed by atoms with van der Waals surface area (Å²) in [7, 11) is 0. The first-order chi connectivity index (χ1) is 32.5. The van der Waals surface area contributed by atoms with Gasteiger partial charge < -0.3 is 69.7 Å². The molecule has 0 saturated heterocycles. The zero-order valence-corrected chi connectivity index (χ0v) is 40.6. The van der Waals surface area contributed by atoms with E-state index in [-0.39, 0.29) is 38.1 Å². The summed E-state index contributed by atoms with van der Waals surface area (Å²) in [5.41, 5.74) is 17.3. The highest BCUT2D eigenvalue weighted by Gasteiger charge is 2.37. The Hall–Kier alpha value is -6.20. The van der Waals surface area contributed by atoms with Crippen molar-refractivity contribution in [1.82, 2.24) is 37.2 Å². The third kappa shape index (κ3) is 22.6. The number of rotatable bonds is 34. The first-order valence-corrected chi connectivity index (χ1v) is 23.5. The summed E-state index contributed by atoms with van der Waals surface area (Å²) >= 11 is 0. The van der Waals surface area contributed by atoms with E-state index < -0.39 is 145 Å². The van der Waals surface area contributed by atoms with Crippen LogP contribution in [0.2, 0.25) is 0 Å². The average Bonchev–Trinajstić information content (AvgIpc) is 3.30. The quantitative estimate of drug-likeness (QED) is 0.0347. The fourth-order valence-corrected chi connectivity index (χ4v) is 6.95. The zero-order valence-electron chi connectivity index (χ0n) is 40.6. The zero-order chi connectivity index (χ0) is 52.4. The van der Waals surface area contributed by atoms with Gasteiger partial charge >= 0.3 is 11.9 Å². The predicted octanol–water partition coefficient (Wildman–Crippen LogP) is -1.58. The van der Waals surface area contributed by atoms with E-state index in [9.17, 15) is 63.3 Å². The Morgan fingerprint density at radius 1 is 0.565 bits per heavy atom. The third-order valence-corrected chi connectivity index (χ3v) is 11.5. The summed E-state index contributed by atoms with van der Waals surface area (Å²) < 4.78 is 0. The van der Waals surface area contributed by atoms with E-state index in [4.69, 9.17) is 17.2 Å². The Morgan fingerprint density at radius 2 is 1.00 bits per heavy atom. The van der Waals surface area contributed by atoms with Crippen LogP contribution in [0, 0.1) is 17.8 Å². The van der Waals surface area contributed by atoms with Crippen molar-refractivity contribution in [3.8, 4) is 0 Å². The van der Waals surface area contributed by atoms with E-state index in [1.807, 2.05) is 0 Å². The standard InChI is InChI=1S/C46H76N10O13/c1-7-26(5)37(56-45(67)38(27(6)8-2)55-39(61)29(48)24-57)44(66)52-31(17-19-35(49)58)42(64)53-33(23-28-14-10-9-11-15-28)43(65)51-32(18-20-36(59)60)41(63)50-30(16-12-13-21-47)40(62)54-34(46(68)69)22-25(3)4/h9-11,14-15,25-27,29-34,37-38,57H,7-8,12-13,16-24,47-48H2,1-6H3,(H2,49,58)(H,50,63)(H,51,65)(H,52,66)(H,53,64)(H,54,62)(H,55,61)(H,56,67)(H,59,60)(H,68,69). The molecule has 10 atom stereocenters. The molecule has 0 spiro atoms. The van der Waals surface area contributed by atoms with Gasteiger partial charge in [0.25, 0.3) is 0 Å². The molecule has 23 heteroatoms. The summed E-state index contributed by atoms with van der Waals surface area (Å²) in [6, 6.07) is -2.73. The van der Waals surface area contributed by atoms with Gasteiger partial charge in [-0.3, -0.25) is 43.2 Å². The van der Waals surface area contributed by atoms with Gasteiger partial charge in [-0.2, -0.15) is 0 Å². The maximum absolute atomic E-state index is 14.3. The number of nitrogens with two attached hydrogens (primary N) is 3. The van der Waals surface area contributed by atoms with Gasteiger partial charge in [0, 0.05) is 19.3 Å². The van der Waals surface area contributed by atoms with E-state index in [0.717, 1.165) is 0 Å². The lowest BCUT2D eigenvalue weighted by Gasteiger charge is -2.30. The van der Waals surface area contributed by atoms with Crippen molar-refractivity contribution < 1.29 is 63.3 Å². The van der Waals surface area contributed by atoms with Crippen LogP contribution in [-0.2, 0) is 54.4 Å². The number of hydrogen-bond donors (Lipinski definition) is 13. The minimum absolute atomic E-state index is 0.0173. The highest BCUT2D eigenvalue weighted by molar-refractivity contribution is 5.98. The molecule has 0 fully saturated rings. The molecule has 388 valence electrons. The van der Waals surface area contributed by atoms with Crippen LogP contribution >= 0.6 is 0 Å². The highest BCUT2D eigenvalue weighted by atomic mass is 16.4. The maximum atomic E-state index is 14.3. The van der Waals surface area contributed by atoms with Gasteiger partial charge in [0.1, 0.15) is 48.3 Å². The number of aliphatic carboxylic acids is 2. The highest BCUT2D eigenvalue weighted by Crippen LogP contribution is 2.15. The fraction of sp³-hybridized carbons (Fsp3) is 0.652. The summed E-state index contributed by atoms with van der Waals surface area (Å²) in [5, 5.41) is 46.5. The van der Waals surface area contributed by atoms with Crippen LogP contribution in [0.5, 0.6) is 0 Å². The van der Waals surface area contributed by atoms with Crippen LogP contribution in [0.3, 0.4) is 0 Å². The van der Waals surface area contributed by atoms with Gasteiger partial charge in [0.15, 0.2) is 0 Å². The van der Waals surface area contributed by atoms with E-state index in [2.05, 4.69) is 37.2 Å². The van der Waals surface area contributed by atoms with Crippen molar-refractivity contribution in [2.24, 2.45) is 35.0 Å². The van der Waals surface area contributed by atoms with Gasteiger partial charge in [-0.15, -0.1) is 0 Å². The first kappa shape index (κ1) is 60.8. The molecular weight excluding hydrogens is 901 g/mol. The minimum atomic E-state index is -1.60. The molecule has 0 radical (unpaired) electrons. The molecular formula is C46H76N10O13. The van der Waals surface area contributed by atoms with Gasteiger partial charge in [-0.1, -0.05) is 84.7 Å². The summed E-state index contributed by atoms with van der Waals surface area (Å²) in [6.45, 7) is 9.97. The fourth-order valence-electron chi connectivity index (χ4n) is 6.95. The number of benzene rings is 1. The molecule has 0 saturated carbocycles. The molecule has 1 rings (SSSR count). The molecule has 0 aliphatic heterocycles. The normalized spacial score (nSPS) is 15.5. The molecule has 0 aliphatic carbocycles. The summed E-state index contributed by atoms with van der Waals surface area (Å²) in [6.07, 6.45) is -0.421. The molecule has 0 aliphatic rings. The van der Waals surface area contributed by atoms with Crippen LogP contribution in [-0.4, -0.2) is 136 Å². The molecule has 8 amide bonds. The van der Waals surface area contributed by atoms with E-state index in [0.29, 0.717) is 31.2 Å². The SMILES string of the molecule is CCC(C)C(NC(=O)C(N)CO)C(=O)NC(C(=O)NC(CCC(N)=O)C(=O)NC(Cc1ccccc1)C(=O)NC(CCC(=O)O)C(=O)NC(CCCCN)C(=O)NC(CC(C)C)C(=O)O)C(C)CC. The number of aliphatic hydroxyl groups excluding tert-OH is 1. The minimum Gasteiger partial charge on any atom is -0.481 e. The molecule has 1 aromatic carbocycles. The molecule has 23 nitrogen and oxygen atoms in total. The summed E-state index contributed by atoms with van der Waals surface area (Å²) in [5.74, 6) is -10.7. The van der Waals surface area contributed by atoms with Gasteiger partial charge in [-0.05, 0) is 68.4 Å². The number of nitrogens with one attached hydrogen (secondary N) is 7. The van der Waals surface area contributed by atoms with Crippen molar-refractivity contribution in [2.45, 2.75) is 161 Å². The van der Waals surface area contributed by atoms with Gasteiger partial charge in [0.05, 0.1) is 6.61 Å². The van der Waals surface area contributed by atoms with Crippen LogP contribution in [0.15, 0.2) is 30.3 Å². The van der Waals surface area contributed by atoms with E-state index >= 15 is 0 Å². The second-order valence-corrected chi connectivity index (χ2v) is 17.7. The largest absolute Gasteiger partial charge is 0.481 e. The summed E-state index contributed by atoms with van der Waals surface area (Å²) in [4.78, 5) is 132. The molecule has 69 heavy (non-hydrogen) atoms. The van der Waals surface area contributed by atoms with Gasteiger partial charge in [0.2, 0.25) is 47.3 Å². The third-order valence-electron chi connectivity index (χ3n) is 11.5. The Morgan fingerprint density at radius 3 is 1.45 bits per heavy atom. The molecule has 16 N–H and O–H groups in total. The van der Waals surface area contributed by atoms with Crippen molar-refractivity contribution >= 4 is 59.2 Å². The molecule has 10 unspecified atom stereocenters. The van der Waals surface area contributed by atoms with Crippen molar-refractivity contribution in [2.75, 3.05) is 13.2 Å². The smallest absolute Gasteiger partial charge is 0.326 e. The van der Waals surface area contributed by atoms with Crippen molar-refractivity contribution in [1.29, 1.82) is 0 Å². The number of primary amides is 1. The van der Waals surface area contributed by atoms with Crippen LogP contribution in [0.1, 0.15) is 111 Å². The monoisotopic (exact) mass is 977 g/mol. The molecule has 0 bridgehead atoms. The number of amides is 8. The Balaban J connectivity index is 3.63. The number of hydrogen-bond acceptors (Lipinski definition) is 13. The topological polar surface area (TPSA) is 394 Å². The lowest BCUT2D eigenvalue weighted by atomic mass is 9.94. The number of carbonyl (C=O) groups excluding carboxylic acids is 8. The molecule has 1 aromatic rings. The second-order valence-electron chi connectivity index (χ2n) is 17.7. The number of carboxylic acid groups (broad SMARTS) is 2. The van der Waals surface area contributed by atoms with E-state index in [1.54, 1.807) is 71.9 Å². The number of unbranched alkanes of at least 4 members (excludes halogenated alkanes) is 1. The van der Waals surface area contributed by atoms with Crippen molar-refractivity contribution in [3.05, 3.63) is 35.9 Å². The number of carbonyl (C=O) groups is 10.